The lowest BCUT2D eigenvalue weighted by Crippen LogP contribution is -1.28. The van der Waals surface area contributed by atoms with E-state index in [9.17, 15) is 0 Å². The lowest BCUT2D eigenvalue weighted by atomic mass is 11.0. The molecule has 0 atom stereocenters. The van der Waals surface area contributed by atoms with Gasteiger partial charge < -0.3 is 0 Å². The van der Waals surface area contributed by atoms with Crippen molar-refractivity contribution < 1.29 is 0 Å². The molecule has 6 heavy (non-hydrogen) atoms. The molecule has 0 spiro atoms. The molecular formula is C3H3BrN2. The van der Waals surface area contributed by atoms with Crippen molar-refractivity contribution >= 4 is 23.0 Å². The van der Waals surface area contributed by atoms with Crippen molar-refractivity contribution in [3.63, 3.8) is 0 Å². The van der Waals surface area contributed by atoms with Crippen molar-refractivity contribution in [2.75, 3.05) is 0 Å². The van der Waals surface area contributed by atoms with Crippen LogP contribution < -0.4 is 0 Å². The van der Waals surface area contributed by atoms with Gasteiger partial charge in [-0.3, -0.25) is 0 Å². The molecular weight excluding hydrogens is 144 g/mol. The highest BCUT2D eigenvalue weighted by Crippen LogP contribution is 1.77. The zero-order chi connectivity index (χ0) is 3.54. The van der Waals surface area contributed by atoms with Gasteiger partial charge in [0.1, 0.15) is 0 Å². The fraction of sp³-hybridized carbons (Fsp3) is 0. The molecule has 1 aliphatic rings. The van der Waals surface area contributed by atoms with Gasteiger partial charge in [0.25, 0.3) is 0 Å². The van der Waals surface area contributed by atoms with E-state index in [-0.39, 0.29) is 17.0 Å². The number of hydrogen-bond donors (Lipinski definition) is 0. The summed E-state index contributed by atoms with van der Waals surface area (Å²) in [6.45, 7) is 0. The van der Waals surface area contributed by atoms with Gasteiger partial charge in [0, 0.05) is 0 Å². The lowest BCUT2D eigenvalue weighted by Gasteiger charge is -1.45. The summed E-state index contributed by atoms with van der Waals surface area (Å²) in [7, 11) is 0. The van der Waals surface area contributed by atoms with Crippen LogP contribution in [0.25, 0.3) is 0 Å². The molecule has 0 saturated carbocycles. The summed E-state index contributed by atoms with van der Waals surface area (Å²) in [6, 6.07) is 2.36. The van der Waals surface area contributed by atoms with Gasteiger partial charge in [-0.2, -0.15) is 9.98 Å². The van der Waals surface area contributed by atoms with Crippen LogP contribution in [0.3, 0.4) is 0 Å². The van der Waals surface area contributed by atoms with Crippen LogP contribution in [-0.2, 0) is 0 Å². The maximum absolute atomic E-state index is 3.49. The van der Waals surface area contributed by atoms with E-state index in [1.54, 1.807) is 12.4 Å². The fourth-order valence-electron chi connectivity index (χ4n) is 0.167. The highest BCUT2D eigenvalue weighted by molar-refractivity contribution is 8.93. The Morgan fingerprint density at radius 1 is 1.17 bits per heavy atom. The molecule has 0 amide bonds. The molecule has 1 rings (SSSR count). The predicted molar refractivity (Wildman–Crippen MR) is 29.3 cm³/mol. The van der Waals surface area contributed by atoms with Gasteiger partial charge in [0.2, 0.25) is 0 Å². The third-order valence-electron chi connectivity index (χ3n) is 0.331. The first kappa shape index (κ1) is 5.60. The minimum atomic E-state index is 0. The summed E-state index contributed by atoms with van der Waals surface area (Å²) in [5.41, 5.74) is 0. The van der Waals surface area contributed by atoms with E-state index in [2.05, 4.69) is 16.0 Å². The number of nitrogens with zero attached hydrogens (tertiary/aromatic N) is 2. The second-order valence-electron chi connectivity index (χ2n) is 0.656. The molecule has 32 valence electrons. The van der Waals surface area contributed by atoms with E-state index in [1.165, 1.54) is 0 Å². The Bertz CT molecular complexity index is 100.0. The highest BCUT2D eigenvalue weighted by Gasteiger charge is 1.63. The van der Waals surface area contributed by atoms with Gasteiger partial charge in [-0.05, 0) is 0 Å². The van der Waals surface area contributed by atoms with Crippen molar-refractivity contribution in [2.45, 2.75) is 0 Å². The summed E-state index contributed by atoms with van der Waals surface area (Å²) < 4.78 is 0. The minimum Gasteiger partial charge on any atom is -0.194 e. The molecule has 0 fully saturated rings. The topological polar surface area (TPSA) is 24.7 Å². The highest BCUT2D eigenvalue weighted by atomic mass is 79.9. The average molecular weight is 147 g/mol. The molecule has 0 unspecified atom stereocenters. The summed E-state index contributed by atoms with van der Waals surface area (Å²) in [5.74, 6) is 0. The number of halogens is 1. The van der Waals surface area contributed by atoms with Gasteiger partial charge >= 0.3 is 0 Å². The monoisotopic (exact) mass is 146 g/mol. The Hall–Kier alpha value is -0.400. The minimum absolute atomic E-state index is 0. The quantitative estimate of drug-likeness (QED) is 0.492. The molecule has 0 aromatic rings. The number of rotatable bonds is 0. The molecule has 0 aromatic carbocycles. The first-order valence-corrected chi connectivity index (χ1v) is 1.30. The van der Waals surface area contributed by atoms with Crippen LogP contribution in [0.5, 0.6) is 0 Å². The van der Waals surface area contributed by atoms with Crippen molar-refractivity contribution in [1.82, 2.24) is 0 Å². The Balaban J connectivity index is 0.000000250. The van der Waals surface area contributed by atoms with Crippen molar-refractivity contribution in [2.24, 2.45) is 9.98 Å². The largest absolute Gasteiger partial charge is 0.194 e. The molecule has 2 nitrogen and oxygen atoms in total. The van der Waals surface area contributed by atoms with Gasteiger partial charge in [-0.15, -0.1) is 17.0 Å². The van der Waals surface area contributed by atoms with Crippen LogP contribution in [0, 0.1) is 0 Å². The lowest BCUT2D eigenvalue weighted by molar-refractivity contribution is 1.60. The van der Waals surface area contributed by atoms with Crippen LogP contribution in [0.4, 0.5) is 0 Å². The first-order valence-electron chi connectivity index (χ1n) is 1.30. The Kier molecular flexibility index (Phi) is 2.63. The van der Waals surface area contributed by atoms with Gasteiger partial charge in [0.05, 0.1) is 18.4 Å². The molecule has 0 saturated heterocycles. The zero-order valence-electron chi connectivity index (χ0n) is 2.96. The van der Waals surface area contributed by atoms with Crippen molar-refractivity contribution in [3.05, 3.63) is 12.4 Å². The summed E-state index contributed by atoms with van der Waals surface area (Å²) in [6.07, 6.45) is 3.17. The maximum atomic E-state index is 3.49. The molecule has 0 radical (unpaired) electrons. The SMILES string of the molecule is Br.C1=NC=CN=1. The van der Waals surface area contributed by atoms with Crippen LogP contribution in [0.2, 0.25) is 0 Å². The van der Waals surface area contributed by atoms with Crippen LogP contribution in [0.15, 0.2) is 22.4 Å². The molecule has 0 N–H and O–H groups in total. The molecule has 0 bridgehead atoms. The van der Waals surface area contributed by atoms with Crippen LogP contribution in [-0.4, -0.2) is 6.01 Å². The summed E-state index contributed by atoms with van der Waals surface area (Å²) in [4.78, 5) is 6.97. The normalized spacial score (nSPS) is 12.0. The molecule has 1 heterocycles. The second kappa shape index (κ2) is 2.82. The van der Waals surface area contributed by atoms with Gasteiger partial charge in [-0.25, -0.2) is 0 Å². The zero-order valence-corrected chi connectivity index (χ0v) is 4.67. The molecule has 0 aromatic heterocycles. The third-order valence-corrected chi connectivity index (χ3v) is 0.331. The Labute approximate surface area is 46.1 Å². The fourth-order valence-corrected chi connectivity index (χ4v) is 0.167. The first-order chi connectivity index (χ1) is 2.50. The van der Waals surface area contributed by atoms with Crippen molar-refractivity contribution in [3.8, 4) is 0 Å². The van der Waals surface area contributed by atoms with Crippen molar-refractivity contribution in [1.29, 1.82) is 0 Å². The Morgan fingerprint density at radius 3 is 1.83 bits per heavy atom. The van der Waals surface area contributed by atoms with Crippen LogP contribution in [0.1, 0.15) is 0 Å². The van der Waals surface area contributed by atoms with E-state index in [4.69, 9.17) is 0 Å². The van der Waals surface area contributed by atoms with E-state index in [0.29, 0.717) is 0 Å². The number of aliphatic imine (C=N–C) groups is 2. The van der Waals surface area contributed by atoms with E-state index in [0.717, 1.165) is 0 Å². The standard InChI is InChI=1S/C3H2N2.BrH/c1-2-5-3-4-1;/h1-2H;1H. The van der Waals surface area contributed by atoms with Crippen LogP contribution >= 0.6 is 17.0 Å². The van der Waals surface area contributed by atoms with E-state index < -0.39 is 0 Å². The summed E-state index contributed by atoms with van der Waals surface area (Å²) >= 11 is 0. The third kappa shape index (κ3) is 1.15. The summed E-state index contributed by atoms with van der Waals surface area (Å²) in [5, 5.41) is 0. The smallest absolute Gasteiger partial charge is 0.0994 e. The number of hydrogen-bond acceptors (Lipinski definition) is 2. The molecule has 3 heteroatoms. The Morgan fingerprint density at radius 2 is 1.67 bits per heavy atom. The van der Waals surface area contributed by atoms with Gasteiger partial charge in [0.15, 0.2) is 0 Å². The maximum Gasteiger partial charge on any atom is 0.0994 e. The molecule has 0 aliphatic carbocycles. The van der Waals surface area contributed by atoms with E-state index in [1.807, 2.05) is 0 Å². The second-order valence-corrected chi connectivity index (χ2v) is 0.656. The van der Waals surface area contributed by atoms with E-state index >= 15 is 0 Å². The van der Waals surface area contributed by atoms with Gasteiger partial charge in [-0.1, -0.05) is 0 Å². The average Bonchev–Trinajstić information content (AvgIpc) is 1.76. The predicted octanol–water partition coefficient (Wildman–Crippen LogP) is 1.22. The molecule has 1 aliphatic heterocycles.